The minimum atomic E-state index is -5.68. The predicted octanol–water partition coefficient (Wildman–Crippen LogP) is -8.00. The van der Waals surface area contributed by atoms with Gasteiger partial charge in [-0.15, -0.1) is 0 Å². The average molecular weight is 206 g/mol. The molecule has 0 aromatic heterocycles. The second-order valence-electron chi connectivity index (χ2n) is 0.982. The maximum Gasteiger partial charge on any atom is 1.00 e. The van der Waals surface area contributed by atoms with E-state index in [0.29, 0.717) is 0 Å². The third-order valence-corrected chi connectivity index (χ3v) is 2.87. The molecule has 0 heterocycles. The molecule has 0 saturated heterocycles. The Labute approximate surface area is 101 Å². The van der Waals surface area contributed by atoms with Crippen LogP contribution in [0.1, 0.15) is 0 Å². The molecule has 10 heavy (non-hydrogen) atoms. The third-order valence-electron chi connectivity index (χ3n) is 0.319. The van der Waals surface area contributed by atoms with Crippen LogP contribution in [-0.2, 0) is 9.13 Å². The summed E-state index contributed by atoms with van der Waals surface area (Å²) in [6.45, 7) is 0. The van der Waals surface area contributed by atoms with Crippen LogP contribution >= 0.6 is 14.6 Å². The summed E-state index contributed by atoms with van der Waals surface area (Å²) >= 11 is 0. The van der Waals surface area contributed by atoms with Gasteiger partial charge in [-0.05, 0) is 0 Å². The van der Waals surface area contributed by atoms with Crippen LogP contribution in [-0.4, -0.2) is 9.79 Å². The molecule has 0 saturated carbocycles. The van der Waals surface area contributed by atoms with E-state index < -0.39 is 14.6 Å². The first kappa shape index (κ1) is 18.2. The summed E-state index contributed by atoms with van der Waals surface area (Å²) < 4.78 is 18.8. The van der Waals surface area contributed by atoms with E-state index in [1.807, 2.05) is 0 Å². The van der Waals surface area contributed by atoms with Gasteiger partial charge in [-0.1, -0.05) is 0 Å². The molecular formula is H2Na2O6P2. The number of hydrogen-bond acceptors (Lipinski definition) is 4. The van der Waals surface area contributed by atoms with Gasteiger partial charge in [0.15, 0.2) is 0 Å². The van der Waals surface area contributed by atoms with Gasteiger partial charge in [0, 0.05) is 7.28 Å². The topological polar surface area (TPSA) is 121 Å². The number of hydrogen-bond donors (Lipinski definition) is 2. The summed E-state index contributed by atoms with van der Waals surface area (Å²) in [5, 5.41) is 0. The SMILES string of the molecule is O=P([O-])([O-])P(=O)(O)O.[Na+].[Na+]. The smallest absolute Gasteiger partial charge is 0.802 e. The molecule has 10 heteroatoms. The van der Waals surface area contributed by atoms with E-state index in [4.69, 9.17) is 9.79 Å². The fourth-order valence-electron chi connectivity index (χ4n) is 0. The number of rotatable bonds is 1. The molecule has 2 N–H and O–H groups in total. The van der Waals surface area contributed by atoms with E-state index in [1.54, 1.807) is 0 Å². The van der Waals surface area contributed by atoms with Crippen LogP contribution in [0.2, 0.25) is 0 Å². The van der Waals surface area contributed by atoms with Crippen molar-refractivity contribution in [1.82, 2.24) is 0 Å². The second-order valence-corrected chi connectivity index (χ2v) is 5.98. The van der Waals surface area contributed by atoms with Crippen LogP contribution in [0, 0.1) is 0 Å². The van der Waals surface area contributed by atoms with Crippen LogP contribution < -0.4 is 68.9 Å². The van der Waals surface area contributed by atoms with Gasteiger partial charge in [0.1, 0.15) is 0 Å². The summed E-state index contributed by atoms with van der Waals surface area (Å²) in [7, 11) is -11.1. The normalized spacial score (nSPS) is 11.2. The van der Waals surface area contributed by atoms with E-state index in [1.165, 1.54) is 0 Å². The van der Waals surface area contributed by atoms with Crippen molar-refractivity contribution in [2.75, 3.05) is 0 Å². The molecule has 0 atom stereocenters. The Hall–Kier alpha value is 2.30. The summed E-state index contributed by atoms with van der Waals surface area (Å²) in [6.07, 6.45) is 0. The van der Waals surface area contributed by atoms with Crippen molar-refractivity contribution in [2.24, 2.45) is 0 Å². The van der Waals surface area contributed by atoms with Gasteiger partial charge in [-0.2, -0.15) is 0 Å². The summed E-state index contributed by atoms with van der Waals surface area (Å²) in [5.41, 5.74) is 0. The first-order chi connectivity index (χ1) is 3.25. The molecule has 0 aromatic rings. The van der Waals surface area contributed by atoms with Crippen molar-refractivity contribution in [3.8, 4) is 0 Å². The molecular weight excluding hydrogens is 204 g/mol. The van der Waals surface area contributed by atoms with Gasteiger partial charge >= 0.3 is 66.4 Å². The van der Waals surface area contributed by atoms with E-state index in [-0.39, 0.29) is 59.1 Å². The minimum absolute atomic E-state index is 0. The molecule has 0 bridgehead atoms. The Kier molecular flexibility index (Phi) is 10.6. The van der Waals surface area contributed by atoms with Crippen LogP contribution in [0.3, 0.4) is 0 Å². The zero-order valence-corrected chi connectivity index (χ0v) is 11.2. The Morgan fingerprint density at radius 1 is 1.00 bits per heavy atom. The molecule has 0 aromatic carbocycles. The van der Waals surface area contributed by atoms with Crippen molar-refractivity contribution in [2.45, 2.75) is 0 Å². The fraction of sp³-hybridized carbons (Fsp3) is 0. The zero-order chi connectivity index (χ0) is 7.00. The largest absolute Gasteiger partial charge is 1.00 e. The summed E-state index contributed by atoms with van der Waals surface area (Å²) in [5.74, 6) is 0. The predicted molar refractivity (Wildman–Crippen MR) is 19.7 cm³/mol. The van der Waals surface area contributed by atoms with Crippen molar-refractivity contribution in [3.05, 3.63) is 0 Å². The Balaban J connectivity index is -0.000000245. The van der Waals surface area contributed by atoms with Gasteiger partial charge in [-0.3, -0.25) is 4.57 Å². The van der Waals surface area contributed by atoms with Gasteiger partial charge < -0.3 is 24.1 Å². The first-order valence-corrected chi connectivity index (χ1v) is 5.19. The second kappa shape index (κ2) is 5.86. The molecule has 6 nitrogen and oxygen atoms in total. The Morgan fingerprint density at radius 3 is 1.10 bits per heavy atom. The molecule has 0 amide bonds. The van der Waals surface area contributed by atoms with Gasteiger partial charge in [0.2, 0.25) is 0 Å². The van der Waals surface area contributed by atoms with Crippen molar-refractivity contribution in [1.29, 1.82) is 0 Å². The molecule has 50 valence electrons. The first-order valence-electron chi connectivity index (χ1n) is 1.33. The maximum atomic E-state index is 9.46. The average Bonchev–Trinajstić information content (AvgIpc) is 1.25. The molecule has 0 rings (SSSR count). The Bertz CT molecular complexity index is 143. The Morgan fingerprint density at radius 2 is 1.10 bits per heavy atom. The maximum absolute atomic E-state index is 9.46. The van der Waals surface area contributed by atoms with E-state index in [9.17, 15) is 18.9 Å². The van der Waals surface area contributed by atoms with Crippen molar-refractivity contribution in [3.63, 3.8) is 0 Å². The van der Waals surface area contributed by atoms with E-state index >= 15 is 0 Å². The fourth-order valence-corrected chi connectivity index (χ4v) is 0. The van der Waals surface area contributed by atoms with E-state index in [2.05, 4.69) is 0 Å². The standard InChI is InChI=1S/2Na.H4O6P2/c;;1-7(2,3)8(4,5)6/h;;(H2,1,2,3)(H2,4,5,6)/q2*+1;/p-2. The van der Waals surface area contributed by atoms with E-state index in [0.717, 1.165) is 0 Å². The molecule has 0 aliphatic carbocycles. The van der Waals surface area contributed by atoms with Crippen molar-refractivity contribution >= 4 is 14.6 Å². The quantitative estimate of drug-likeness (QED) is 0.324. The summed E-state index contributed by atoms with van der Waals surface area (Å²) in [4.78, 5) is 33.9. The van der Waals surface area contributed by atoms with Crippen LogP contribution in [0.25, 0.3) is 0 Å². The van der Waals surface area contributed by atoms with Gasteiger partial charge in [0.05, 0.1) is 0 Å². The molecule has 0 aliphatic heterocycles. The third kappa shape index (κ3) is 6.98. The monoisotopic (exact) mass is 206 g/mol. The molecule has 0 aliphatic rings. The minimum Gasteiger partial charge on any atom is -0.802 e. The molecule has 0 radical (unpaired) electrons. The van der Waals surface area contributed by atoms with Crippen LogP contribution in [0.15, 0.2) is 0 Å². The van der Waals surface area contributed by atoms with Crippen LogP contribution in [0.4, 0.5) is 0 Å². The summed E-state index contributed by atoms with van der Waals surface area (Å²) in [6, 6.07) is 0. The van der Waals surface area contributed by atoms with Crippen molar-refractivity contribution < 1.29 is 87.8 Å². The zero-order valence-electron chi connectivity index (χ0n) is 5.42. The molecule has 0 fully saturated rings. The van der Waals surface area contributed by atoms with Gasteiger partial charge in [0.25, 0.3) is 0 Å². The molecule has 0 spiro atoms. The molecule has 0 unspecified atom stereocenters. The van der Waals surface area contributed by atoms with Gasteiger partial charge in [-0.25, -0.2) is 0 Å². The van der Waals surface area contributed by atoms with Crippen LogP contribution in [0.5, 0.6) is 0 Å².